The monoisotopic (exact) mass is 296 g/mol. The minimum absolute atomic E-state index is 0.206. The van der Waals surface area contributed by atoms with Crippen LogP contribution in [0.15, 0.2) is 0 Å². The fraction of sp³-hybridized carbons (Fsp3) is 0.875. The number of aliphatic carboxylic acids is 1. The summed E-state index contributed by atoms with van der Waals surface area (Å²) in [6.45, 7) is 2.47. The van der Waals surface area contributed by atoms with Crippen LogP contribution in [0.2, 0.25) is 0 Å². The molecule has 0 aliphatic heterocycles. The molecule has 0 bridgehead atoms. The molecular formula is C16H28N2O3. The van der Waals surface area contributed by atoms with Crippen LogP contribution in [0.25, 0.3) is 0 Å². The minimum Gasteiger partial charge on any atom is -0.481 e. The highest BCUT2D eigenvalue weighted by Gasteiger charge is 2.41. The van der Waals surface area contributed by atoms with Crippen LogP contribution in [-0.4, -0.2) is 29.7 Å². The van der Waals surface area contributed by atoms with E-state index in [-0.39, 0.29) is 18.6 Å². The summed E-state index contributed by atoms with van der Waals surface area (Å²) in [6, 6.07) is 0.0413. The molecule has 0 spiro atoms. The van der Waals surface area contributed by atoms with Crippen molar-refractivity contribution in [3.63, 3.8) is 0 Å². The standard InChI is InChI=1S/C16H28N2O3/c1-2-12-5-7-13(8-6-12)18-15(21)17-11-16(14(19)20)9-3-4-10-16/h12-13H,2-11H2,1H3,(H,19,20)(H2,17,18,21). The summed E-state index contributed by atoms with van der Waals surface area (Å²) in [6.07, 6.45) is 8.88. The highest BCUT2D eigenvalue weighted by atomic mass is 16.4. The highest BCUT2D eigenvalue weighted by Crippen LogP contribution is 2.37. The van der Waals surface area contributed by atoms with Gasteiger partial charge in [0, 0.05) is 12.6 Å². The first-order valence-electron chi connectivity index (χ1n) is 8.33. The Morgan fingerprint density at radius 3 is 2.29 bits per heavy atom. The maximum atomic E-state index is 12.0. The maximum Gasteiger partial charge on any atom is 0.315 e. The Balaban J connectivity index is 1.73. The summed E-state index contributed by atoms with van der Waals surface area (Å²) in [7, 11) is 0. The van der Waals surface area contributed by atoms with Gasteiger partial charge in [-0.05, 0) is 44.4 Å². The van der Waals surface area contributed by atoms with E-state index in [1.54, 1.807) is 0 Å². The number of hydrogen-bond donors (Lipinski definition) is 3. The molecule has 2 rings (SSSR count). The summed E-state index contributed by atoms with van der Waals surface area (Å²) in [4.78, 5) is 23.4. The predicted octanol–water partition coefficient (Wildman–Crippen LogP) is 2.90. The number of nitrogens with one attached hydrogen (secondary N) is 2. The van der Waals surface area contributed by atoms with Gasteiger partial charge in [-0.3, -0.25) is 4.79 Å². The van der Waals surface area contributed by atoms with Crippen LogP contribution in [0.3, 0.4) is 0 Å². The molecular weight excluding hydrogens is 268 g/mol. The van der Waals surface area contributed by atoms with Crippen molar-refractivity contribution in [1.82, 2.24) is 10.6 Å². The van der Waals surface area contributed by atoms with Crippen molar-refractivity contribution in [1.29, 1.82) is 0 Å². The lowest BCUT2D eigenvalue weighted by atomic mass is 9.84. The van der Waals surface area contributed by atoms with E-state index in [9.17, 15) is 14.7 Å². The number of carbonyl (C=O) groups excluding carboxylic acids is 1. The van der Waals surface area contributed by atoms with Gasteiger partial charge in [0.1, 0.15) is 0 Å². The molecule has 0 unspecified atom stereocenters. The molecule has 0 radical (unpaired) electrons. The normalized spacial score (nSPS) is 28.0. The third kappa shape index (κ3) is 4.11. The SMILES string of the molecule is CCC1CCC(NC(=O)NCC2(C(=O)O)CCCC2)CC1. The summed E-state index contributed by atoms with van der Waals surface area (Å²) in [5.74, 6) is 0.0311. The van der Waals surface area contributed by atoms with Crippen molar-refractivity contribution in [3.05, 3.63) is 0 Å². The summed E-state index contributed by atoms with van der Waals surface area (Å²) in [5.41, 5.74) is -0.739. The Bertz CT molecular complexity index is 370. The largest absolute Gasteiger partial charge is 0.481 e. The van der Waals surface area contributed by atoms with Crippen LogP contribution in [-0.2, 0) is 4.79 Å². The van der Waals surface area contributed by atoms with Crippen molar-refractivity contribution in [2.24, 2.45) is 11.3 Å². The molecule has 2 aliphatic rings. The fourth-order valence-corrected chi connectivity index (χ4v) is 3.72. The Kier molecular flexibility index (Phi) is 5.48. The summed E-state index contributed by atoms with van der Waals surface area (Å²) < 4.78 is 0. The molecule has 3 N–H and O–H groups in total. The second-order valence-electron chi connectivity index (χ2n) is 6.75. The molecule has 5 nitrogen and oxygen atoms in total. The van der Waals surface area contributed by atoms with E-state index >= 15 is 0 Å². The van der Waals surface area contributed by atoms with Gasteiger partial charge in [-0.2, -0.15) is 0 Å². The number of amides is 2. The Hall–Kier alpha value is -1.26. The molecule has 0 aromatic heterocycles. The van der Waals surface area contributed by atoms with Gasteiger partial charge in [0.25, 0.3) is 0 Å². The van der Waals surface area contributed by atoms with E-state index in [2.05, 4.69) is 17.6 Å². The zero-order valence-electron chi connectivity index (χ0n) is 13.0. The van der Waals surface area contributed by atoms with E-state index in [0.717, 1.165) is 31.6 Å². The van der Waals surface area contributed by atoms with Gasteiger partial charge in [-0.1, -0.05) is 26.2 Å². The Labute approximate surface area is 126 Å². The van der Waals surface area contributed by atoms with Crippen molar-refractivity contribution in [3.8, 4) is 0 Å². The lowest BCUT2D eigenvalue weighted by molar-refractivity contribution is -0.148. The van der Waals surface area contributed by atoms with Crippen LogP contribution in [0, 0.1) is 11.3 Å². The van der Waals surface area contributed by atoms with Crippen LogP contribution in [0.1, 0.15) is 64.7 Å². The van der Waals surface area contributed by atoms with Crippen LogP contribution in [0.5, 0.6) is 0 Å². The lowest BCUT2D eigenvalue weighted by Gasteiger charge is -2.29. The average Bonchev–Trinajstić information content (AvgIpc) is 2.96. The molecule has 0 atom stereocenters. The van der Waals surface area contributed by atoms with Crippen LogP contribution >= 0.6 is 0 Å². The molecule has 2 aliphatic carbocycles. The number of carboxylic acids is 1. The molecule has 120 valence electrons. The first kappa shape index (κ1) is 16.1. The molecule has 0 heterocycles. The van der Waals surface area contributed by atoms with E-state index in [1.165, 1.54) is 19.3 Å². The lowest BCUT2D eigenvalue weighted by Crippen LogP contribution is -2.48. The van der Waals surface area contributed by atoms with E-state index < -0.39 is 11.4 Å². The second kappa shape index (κ2) is 7.14. The van der Waals surface area contributed by atoms with E-state index in [1.807, 2.05) is 0 Å². The Morgan fingerprint density at radius 1 is 1.14 bits per heavy atom. The quantitative estimate of drug-likeness (QED) is 0.730. The topological polar surface area (TPSA) is 78.4 Å². The van der Waals surface area contributed by atoms with Gasteiger partial charge in [0.15, 0.2) is 0 Å². The van der Waals surface area contributed by atoms with Gasteiger partial charge in [0.05, 0.1) is 5.41 Å². The van der Waals surface area contributed by atoms with Crippen LogP contribution < -0.4 is 10.6 Å². The zero-order chi connectivity index (χ0) is 15.3. The highest BCUT2D eigenvalue weighted by molar-refractivity contribution is 5.78. The molecule has 0 saturated heterocycles. The van der Waals surface area contributed by atoms with E-state index in [4.69, 9.17) is 0 Å². The second-order valence-corrected chi connectivity index (χ2v) is 6.75. The number of hydrogen-bond acceptors (Lipinski definition) is 2. The van der Waals surface area contributed by atoms with Gasteiger partial charge in [0.2, 0.25) is 0 Å². The Morgan fingerprint density at radius 2 is 1.76 bits per heavy atom. The van der Waals surface area contributed by atoms with Crippen LogP contribution in [0.4, 0.5) is 4.79 Å². The molecule has 2 fully saturated rings. The molecule has 2 saturated carbocycles. The first-order chi connectivity index (χ1) is 10.1. The summed E-state index contributed by atoms with van der Waals surface area (Å²) in [5, 5.41) is 15.2. The van der Waals surface area contributed by atoms with Gasteiger partial charge in [-0.15, -0.1) is 0 Å². The molecule has 21 heavy (non-hydrogen) atoms. The van der Waals surface area contributed by atoms with Gasteiger partial charge < -0.3 is 15.7 Å². The average molecular weight is 296 g/mol. The smallest absolute Gasteiger partial charge is 0.315 e. The van der Waals surface area contributed by atoms with Gasteiger partial charge in [-0.25, -0.2) is 4.79 Å². The number of carbonyl (C=O) groups is 2. The number of carboxylic acid groups (broad SMARTS) is 1. The van der Waals surface area contributed by atoms with E-state index in [0.29, 0.717) is 12.8 Å². The van der Waals surface area contributed by atoms with Gasteiger partial charge >= 0.3 is 12.0 Å². The third-order valence-electron chi connectivity index (χ3n) is 5.36. The van der Waals surface area contributed by atoms with Crippen molar-refractivity contribution >= 4 is 12.0 Å². The molecule has 0 aromatic rings. The zero-order valence-corrected chi connectivity index (χ0v) is 13.0. The van der Waals surface area contributed by atoms with Crippen molar-refractivity contribution in [2.75, 3.05) is 6.54 Å². The minimum atomic E-state index is -0.774. The van der Waals surface area contributed by atoms with Crippen molar-refractivity contribution in [2.45, 2.75) is 70.8 Å². The fourth-order valence-electron chi connectivity index (χ4n) is 3.72. The maximum absolute atomic E-state index is 12.0. The first-order valence-corrected chi connectivity index (χ1v) is 8.33. The number of rotatable bonds is 5. The third-order valence-corrected chi connectivity index (χ3v) is 5.36. The summed E-state index contributed by atoms with van der Waals surface area (Å²) >= 11 is 0. The molecule has 5 heteroatoms. The molecule has 2 amide bonds. The van der Waals surface area contributed by atoms with Crippen molar-refractivity contribution < 1.29 is 14.7 Å². The molecule has 0 aromatic carbocycles. The number of urea groups is 1. The predicted molar refractivity (Wildman–Crippen MR) is 81.1 cm³/mol.